The van der Waals surface area contributed by atoms with Crippen LogP contribution in [-0.4, -0.2) is 18.6 Å². The molecule has 0 aliphatic carbocycles. The van der Waals surface area contributed by atoms with Gasteiger partial charge in [-0.1, -0.05) is 11.6 Å². The number of hydrogen-bond donors (Lipinski definition) is 1. The van der Waals surface area contributed by atoms with Gasteiger partial charge in [0.1, 0.15) is 0 Å². The van der Waals surface area contributed by atoms with E-state index in [0.29, 0.717) is 0 Å². The largest absolute Gasteiger partial charge is 0.311 e. The Balaban J connectivity index is 2.15. The van der Waals surface area contributed by atoms with Gasteiger partial charge in [0.05, 0.1) is 5.02 Å². The Labute approximate surface area is 86.5 Å². The first-order valence-corrected chi connectivity index (χ1v) is 6.40. The summed E-state index contributed by atoms with van der Waals surface area (Å²) in [6, 6.07) is 2.01. The van der Waals surface area contributed by atoms with Gasteiger partial charge in [0.25, 0.3) is 0 Å². The fourth-order valence-corrected chi connectivity index (χ4v) is 2.22. The van der Waals surface area contributed by atoms with Crippen molar-refractivity contribution in [2.45, 2.75) is 6.54 Å². The highest BCUT2D eigenvalue weighted by molar-refractivity contribution is 7.98. The van der Waals surface area contributed by atoms with Gasteiger partial charge >= 0.3 is 0 Å². The zero-order chi connectivity index (χ0) is 8.81. The van der Waals surface area contributed by atoms with E-state index >= 15 is 0 Å². The SMILES string of the molecule is CSCCNCc1cc(Cl)cs1. The van der Waals surface area contributed by atoms with Gasteiger partial charge in [-0.25, -0.2) is 0 Å². The van der Waals surface area contributed by atoms with Gasteiger partial charge in [0, 0.05) is 29.1 Å². The third-order valence-electron chi connectivity index (χ3n) is 1.40. The van der Waals surface area contributed by atoms with Crippen molar-refractivity contribution in [2.24, 2.45) is 0 Å². The van der Waals surface area contributed by atoms with Crippen molar-refractivity contribution in [3.05, 3.63) is 21.3 Å². The number of halogens is 1. The van der Waals surface area contributed by atoms with Crippen molar-refractivity contribution < 1.29 is 0 Å². The molecule has 1 nitrogen and oxygen atoms in total. The van der Waals surface area contributed by atoms with Crippen LogP contribution in [0.5, 0.6) is 0 Å². The van der Waals surface area contributed by atoms with Crippen LogP contribution in [0.25, 0.3) is 0 Å². The predicted molar refractivity (Wildman–Crippen MR) is 59.4 cm³/mol. The number of nitrogens with one attached hydrogen (secondary N) is 1. The van der Waals surface area contributed by atoms with E-state index in [1.807, 2.05) is 23.2 Å². The van der Waals surface area contributed by atoms with Gasteiger partial charge in [0.2, 0.25) is 0 Å². The molecule has 1 heterocycles. The minimum atomic E-state index is 0.849. The summed E-state index contributed by atoms with van der Waals surface area (Å²) >= 11 is 9.34. The molecule has 0 unspecified atom stereocenters. The lowest BCUT2D eigenvalue weighted by Gasteiger charge is -1.99. The second-order valence-corrected chi connectivity index (χ2v) is 4.82. The monoisotopic (exact) mass is 221 g/mol. The van der Waals surface area contributed by atoms with Crippen LogP contribution in [0.2, 0.25) is 5.02 Å². The molecular formula is C8H12ClNS2. The van der Waals surface area contributed by atoms with E-state index in [2.05, 4.69) is 11.6 Å². The molecule has 1 aromatic heterocycles. The number of rotatable bonds is 5. The maximum atomic E-state index is 5.78. The molecule has 12 heavy (non-hydrogen) atoms. The molecule has 68 valence electrons. The lowest BCUT2D eigenvalue weighted by atomic mass is 10.4. The predicted octanol–water partition coefficient (Wildman–Crippen LogP) is 2.85. The molecule has 0 aliphatic rings. The Morgan fingerprint density at radius 3 is 3.08 bits per heavy atom. The van der Waals surface area contributed by atoms with E-state index in [1.54, 1.807) is 11.3 Å². The Bertz CT molecular complexity index is 225. The molecular weight excluding hydrogens is 210 g/mol. The molecule has 0 bridgehead atoms. The van der Waals surface area contributed by atoms with Gasteiger partial charge in [-0.05, 0) is 12.3 Å². The van der Waals surface area contributed by atoms with Crippen molar-refractivity contribution in [3.8, 4) is 0 Å². The standard InChI is InChI=1S/C8H12ClNS2/c1-11-3-2-10-5-8-4-7(9)6-12-8/h4,6,10H,2-3,5H2,1H3. The van der Waals surface area contributed by atoms with Crippen LogP contribution in [0, 0.1) is 0 Å². The van der Waals surface area contributed by atoms with Crippen LogP contribution in [0.3, 0.4) is 0 Å². The summed E-state index contributed by atoms with van der Waals surface area (Å²) in [7, 11) is 0. The van der Waals surface area contributed by atoms with Crippen molar-refractivity contribution >= 4 is 34.7 Å². The average Bonchev–Trinajstić information content (AvgIpc) is 2.45. The summed E-state index contributed by atoms with van der Waals surface area (Å²) in [4.78, 5) is 1.31. The topological polar surface area (TPSA) is 12.0 Å². The number of thioether (sulfide) groups is 1. The normalized spacial score (nSPS) is 10.5. The Hall–Kier alpha value is 0.300. The van der Waals surface area contributed by atoms with Crippen LogP contribution >= 0.6 is 34.7 Å². The van der Waals surface area contributed by atoms with Gasteiger partial charge in [0.15, 0.2) is 0 Å². The maximum absolute atomic E-state index is 5.78. The van der Waals surface area contributed by atoms with E-state index in [0.717, 1.165) is 18.1 Å². The summed E-state index contributed by atoms with van der Waals surface area (Å²) in [5, 5.41) is 6.16. The quantitative estimate of drug-likeness (QED) is 0.768. The average molecular weight is 222 g/mol. The lowest BCUT2D eigenvalue weighted by Crippen LogP contribution is -2.15. The fourth-order valence-electron chi connectivity index (χ4n) is 0.832. The molecule has 0 radical (unpaired) electrons. The molecule has 0 atom stereocenters. The lowest BCUT2D eigenvalue weighted by molar-refractivity contribution is 0.741. The second kappa shape index (κ2) is 5.86. The summed E-state index contributed by atoms with van der Waals surface area (Å²) in [5.41, 5.74) is 0. The highest BCUT2D eigenvalue weighted by Gasteiger charge is 1.95. The second-order valence-electron chi connectivity index (χ2n) is 2.40. The Morgan fingerprint density at radius 2 is 2.50 bits per heavy atom. The first kappa shape index (κ1) is 10.4. The number of thiophene rings is 1. The van der Waals surface area contributed by atoms with E-state index in [9.17, 15) is 0 Å². The molecule has 0 saturated heterocycles. The van der Waals surface area contributed by atoms with Gasteiger partial charge in [-0.3, -0.25) is 0 Å². The summed E-state index contributed by atoms with van der Waals surface area (Å²) < 4.78 is 0. The van der Waals surface area contributed by atoms with Gasteiger partial charge in [-0.15, -0.1) is 11.3 Å². The Morgan fingerprint density at radius 1 is 1.67 bits per heavy atom. The molecule has 1 rings (SSSR count). The molecule has 1 aromatic rings. The van der Waals surface area contributed by atoms with E-state index < -0.39 is 0 Å². The van der Waals surface area contributed by atoms with E-state index in [4.69, 9.17) is 11.6 Å². The maximum Gasteiger partial charge on any atom is 0.0516 e. The molecule has 1 N–H and O–H groups in total. The smallest absolute Gasteiger partial charge is 0.0516 e. The van der Waals surface area contributed by atoms with Crippen molar-refractivity contribution in [1.82, 2.24) is 5.32 Å². The molecule has 0 fully saturated rings. The van der Waals surface area contributed by atoms with Crippen LogP contribution in [0.15, 0.2) is 11.4 Å². The van der Waals surface area contributed by atoms with Crippen molar-refractivity contribution in [1.29, 1.82) is 0 Å². The highest BCUT2D eigenvalue weighted by Crippen LogP contribution is 2.18. The third kappa shape index (κ3) is 3.81. The van der Waals surface area contributed by atoms with Gasteiger partial charge < -0.3 is 5.32 Å². The summed E-state index contributed by atoms with van der Waals surface area (Å²) in [6.45, 7) is 2.01. The van der Waals surface area contributed by atoms with Crippen LogP contribution in [-0.2, 0) is 6.54 Å². The van der Waals surface area contributed by atoms with Crippen molar-refractivity contribution in [3.63, 3.8) is 0 Å². The molecule has 0 amide bonds. The van der Waals surface area contributed by atoms with Crippen molar-refractivity contribution in [2.75, 3.05) is 18.6 Å². The van der Waals surface area contributed by atoms with E-state index in [1.165, 1.54) is 10.6 Å². The first-order chi connectivity index (χ1) is 5.83. The van der Waals surface area contributed by atoms with Crippen LogP contribution in [0.4, 0.5) is 0 Å². The fraction of sp³-hybridized carbons (Fsp3) is 0.500. The Kier molecular flexibility index (Phi) is 5.07. The number of hydrogen-bond acceptors (Lipinski definition) is 3. The molecule has 0 aliphatic heterocycles. The molecule has 0 spiro atoms. The highest BCUT2D eigenvalue weighted by atomic mass is 35.5. The van der Waals surface area contributed by atoms with Crippen LogP contribution in [0.1, 0.15) is 4.88 Å². The molecule has 0 saturated carbocycles. The minimum Gasteiger partial charge on any atom is -0.311 e. The summed E-state index contributed by atoms with van der Waals surface area (Å²) in [6.07, 6.45) is 2.11. The third-order valence-corrected chi connectivity index (χ3v) is 3.30. The molecule has 4 heteroatoms. The zero-order valence-corrected chi connectivity index (χ0v) is 9.36. The molecule has 0 aromatic carbocycles. The van der Waals surface area contributed by atoms with Crippen LogP contribution < -0.4 is 5.32 Å². The zero-order valence-electron chi connectivity index (χ0n) is 6.97. The summed E-state index contributed by atoms with van der Waals surface area (Å²) in [5.74, 6) is 1.17. The van der Waals surface area contributed by atoms with E-state index in [-0.39, 0.29) is 0 Å². The first-order valence-electron chi connectivity index (χ1n) is 3.75. The minimum absolute atomic E-state index is 0.849. The van der Waals surface area contributed by atoms with Gasteiger partial charge in [-0.2, -0.15) is 11.8 Å².